The van der Waals surface area contributed by atoms with Crippen molar-refractivity contribution in [1.29, 1.82) is 0 Å². The molecule has 0 unspecified atom stereocenters. The van der Waals surface area contributed by atoms with Crippen molar-refractivity contribution in [2.24, 2.45) is 5.92 Å². The average molecular weight is 414 g/mol. The lowest BCUT2D eigenvalue weighted by atomic mass is 10.00. The Kier molecular flexibility index (Phi) is 6.85. The summed E-state index contributed by atoms with van der Waals surface area (Å²) in [7, 11) is 1.55. The van der Waals surface area contributed by atoms with Crippen LogP contribution in [0.4, 0.5) is 8.78 Å². The molecule has 2 amide bonds. The van der Waals surface area contributed by atoms with Crippen LogP contribution < -0.4 is 5.32 Å². The quantitative estimate of drug-likeness (QED) is 0.753. The molecule has 1 N–H and O–H groups in total. The summed E-state index contributed by atoms with van der Waals surface area (Å²) in [5.74, 6) is -2.65. The van der Waals surface area contributed by atoms with Crippen molar-refractivity contribution in [1.82, 2.24) is 10.2 Å². The first-order valence-electron chi connectivity index (χ1n) is 10.5. The monoisotopic (exact) mass is 414 g/mol. The number of halogens is 2. The van der Waals surface area contributed by atoms with E-state index in [9.17, 15) is 18.4 Å². The van der Waals surface area contributed by atoms with E-state index in [1.165, 1.54) is 17.0 Å². The maximum absolute atomic E-state index is 14.8. The molecule has 30 heavy (non-hydrogen) atoms. The van der Waals surface area contributed by atoms with E-state index in [1.807, 2.05) is 38.1 Å². The van der Waals surface area contributed by atoms with Crippen LogP contribution in [0.5, 0.6) is 0 Å². The van der Waals surface area contributed by atoms with E-state index >= 15 is 0 Å². The third kappa shape index (κ3) is 4.53. The number of rotatable bonds is 6. The van der Waals surface area contributed by atoms with E-state index in [4.69, 9.17) is 0 Å². The molecule has 2 aromatic rings. The lowest BCUT2D eigenvalue weighted by molar-refractivity contribution is -0.124. The number of hydrogen-bond donors (Lipinski definition) is 1. The van der Waals surface area contributed by atoms with Gasteiger partial charge in [0.25, 0.3) is 5.91 Å². The van der Waals surface area contributed by atoms with Gasteiger partial charge in [0.05, 0.1) is 0 Å². The largest absolute Gasteiger partial charge is 0.356 e. The zero-order valence-corrected chi connectivity index (χ0v) is 17.7. The first-order chi connectivity index (χ1) is 14.3. The molecule has 1 aliphatic carbocycles. The zero-order chi connectivity index (χ0) is 21.8. The maximum atomic E-state index is 14.8. The predicted molar refractivity (Wildman–Crippen MR) is 113 cm³/mol. The number of nitrogens with zero attached hydrogens (tertiary/aromatic N) is 1. The summed E-state index contributed by atoms with van der Waals surface area (Å²) in [4.78, 5) is 26.3. The van der Waals surface area contributed by atoms with Crippen LogP contribution in [0.2, 0.25) is 0 Å². The van der Waals surface area contributed by atoms with Gasteiger partial charge in [0, 0.05) is 25.6 Å². The number of benzene rings is 2. The first-order valence-corrected chi connectivity index (χ1v) is 10.5. The van der Waals surface area contributed by atoms with Crippen molar-refractivity contribution < 1.29 is 18.4 Å². The smallest absolute Gasteiger partial charge is 0.259 e. The van der Waals surface area contributed by atoms with E-state index in [-0.39, 0.29) is 17.9 Å². The Balaban J connectivity index is 1.78. The molecule has 0 aromatic heterocycles. The Labute approximate surface area is 176 Å². The summed E-state index contributed by atoms with van der Waals surface area (Å²) >= 11 is 0. The van der Waals surface area contributed by atoms with Crippen molar-refractivity contribution in [3.8, 4) is 11.1 Å². The Hall–Kier alpha value is -2.76. The van der Waals surface area contributed by atoms with Crippen LogP contribution in [-0.2, 0) is 11.2 Å². The van der Waals surface area contributed by atoms with Crippen LogP contribution >= 0.6 is 0 Å². The molecule has 4 nitrogen and oxygen atoms in total. The number of carbonyl (C=O) groups excluding carboxylic acids is 2. The minimum absolute atomic E-state index is 0.0309. The summed E-state index contributed by atoms with van der Waals surface area (Å²) in [5, 5.41) is 2.79. The van der Waals surface area contributed by atoms with E-state index in [0.29, 0.717) is 36.9 Å². The summed E-state index contributed by atoms with van der Waals surface area (Å²) < 4.78 is 29.6. The van der Waals surface area contributed by atoms with E-state index in [0.717, 1.165) is 12.0 Å². The number of nitrogens with one attached hydrogen (secondary N) is 1. The van der Waals surface area contributed by atoms with E-state index < -0.39 is 23.1 Å². The lowest BCUT2D eigenvalue weighted by Crippen LogP contribution is -2.37. The second kappa shape index (κ2) is 9.37. The first kappa shape index (κ1) is 21.9. The number of aryl methyl sites for hydroxylation is 1. The van der Waals surface area contributed by atoms with Gasteiger partial charge < -0.3 is 10.2 Å². The van der Waals surface area contributed by atoms with Crippen molar-refractivity contribution >= 4 is 11.8 Å². The molecule has 0 spiro atoms. The molecule has 0 saturated heterocycles. The Bertz CT molecular complexity index is 904. The standard InChI is InChI=1S/C24H28F2N2O2/c1-4-15-6-8-16(9-7-15)18-13-20(25)22(21(26)14-18)24(30)28(3)19-11-10-17(12-19)23(29)27-5-2/h6-9,13-14,17,19H,4-5,10-12H2,1-3H3,(H,27,29)/t17-,19+/m0/s1. The van der Waals surface area contributed by atoms with Crippen LogP contribution in [0.3, 0.4) is 0 Å². The summed E-state index contributed by atoms with van der Waals surface area (Å²) in [6.07, 6.45) is 2.67. The highest BCUT2D eigenvalue weighted by atomic mass is 19.1. The van der Waals surface area contributed by atoms with Crippen LogP contribution in [-0.4, -0.2) is 36.3 Å². The van der Waals surface area contributed by atoms with Gasteiger partial charge in [-0.1, -0.05) is 31.2 Å². The summed E-state index contributed by atoms with van der Waals surface area (Å²) in [6.45, 7) is 4.44. The van der Waals surface area contributed by atoms with Gasteiger partial charge in [-0.05, 0) is 61.4 Å². The summed E-state index contributed by atoms with van der Waals surface area (Å²) in [6, 6.07) is 9.67. The van der Waals surface area contributed by atoms with Gasteiger partial charge in [-0.15, -0.1) is 0 Å². The Morgan fingerprint density at radius 1 is 1.03 bits per heavy atom. The maximum Gasteiger partial charge on any atom is 0.259 e. The topological polar surface area (TPSA) is 49.4 Å². The molecule has 160 valence electrons. The molecular weight excluding hydrogens is 386 g/mol. The fourth-order valence-electron chi connectivity index (χ4n) is 4.09. The molecule has 0 bridgehead atoms. The van der Waals surface area contributed by atoms with Gasteiger partial charge >= 0.3 is 0 Å². The number of hydrogen-bond acceptors (Lipinski definition) is 2. The number of carbonyl (C=O) groups is 2. The second-order valence-electron chi connectivity index (χ2n) is 7.84. The molecule has 0 heterocycles. The Morgan fingerprint density at radius 3 is 2.23 bits per heavy atom. The van der Waals surface area contributed by atoms with Gasteiger partial charge in [-0.3, -0.25) is 9.59 Å². The second-order valence-corrected chi connectivity index (χ2v) is 7.84. The molecule has 6 heteroatoms. The molecule has 3 rings (SSSR count). The molecule has 1 fully saturated rings. The zero-order valence-electron chi connectivity index (χ0n) is 17.7. The summed E-state index contributed by atoms with van der Waals surface area (Å²) in [5.41, 5.74) is 1.67. The molecule has 0 radical (unpaired) electrons. The van der Waals surface area contributed by atoms with Crippen LogP contribution in [0.25, 0.3) is 11.1 Å². The highest BCUT2D eigenvalue weighted by molar-refractivity contribution is 5.95. The molecule has 0 aliphatic heterocycles. The fraction of sp³-hybridized carbons (Fsp3) is 0.417. The Morgan fingerprint density at radius 2 is 1.67 bits per heavy atom. The SMILES string of the molecule is CCNC(=O)[C@H]1CC[C@@H](N(C)C(=O)c2c(F)cc(-c3ccc(CC)cc3)cc2F)C1. The third-order valence-electron chi connectivity index (χ3n) is 5.95. The third-order valence-corrected chi connectivity index (χ3v) is 5.95. The van der Waals surface area contributed by atoms with Crippen molar-refractivity contribution in [3.63, 3.8) is 0 Å². The predicted octanol–water partition coefficient (Wildman–Crippen LogP) is 4.57. The van der Waals surface area contributed by atoms with E-state index in [2.05, 4.69) is 5.32 Å². The van der Waals surface area contributed by atoms with E-state index in [1.54, 1.807) is 7.05 Å². The normalized spacial score (nSPS) is 18.3. The number of amides is 2. The molecule has 2 atom stereocenters. The van der Waals surface area contributed by atoms with Crippen molar-refractivity contribution in [2.75, 3.05) is 13.6 Å². The highest BCUT2D eigenvalue weighted by Gasteiger charge is 2.35. The van der Waals surface area contributed by atoms with Crippen LogP contribution in [0.1, 0.15) is 49.0 Å². The van der Waals surface area contributed by atoms with Crippen LogP contribution in [0.15, 0.2) is 36.4 Å². The lowest BCUT2D eigenvalue weighted by Gasteiger charge is -2.25. The van der Waals surface area contributed by atoms with Gasteiger partial charge in [-0.25, -0.2) is 8.78 Å². The van der Waals surface area contributed by atoms with Crippen molar-refractivity contribution in [3.05, 3.63) is 59.2 Å². The minimum Gasteiger partial charge on any atom is -0.356 e. The average Bonchev–Trinajstić information content (AvgIpc) is 3.23. The molecule has 1 saturated carbocycles. The molecule has 2 aromatic carbocycles. The fourth-order valence-corrected chi connectivity index (χ4v) is 4.09. The van der Waals surface area contributed by atoms with Gasteiger partial charge in [0.1, 0.15) is 17.2 Å². The van der Waals surface area contributed by atoms with Gasteiger partial charge in [-0.2, -0.15) is 0 Å². The van der Waals surface area contributed by atoms with Gasteiger partial charge in [0.15, 0.2) is 0 Å². The van der Waals surface area contributed by atoms with Gasteiger partial charge in [0.2, 0.25) is 5.91 Å². The molecular formula is C24H28F2N2O2. The van der Waals surface area contributed by atoms with Crippen molar-refractivity contribution in [2.45, 2.75) is 45.6 Å². The van der Waals surface area contributed by atoms with Crippen LogP contribution in [0, 0.1) is 17.6 Å². The molecule has 1 aliphatic rings. The highest BCUT2D eigenvalue weighted by Crippen LogP contribution is 2.31. The minimum atomic E-state index is -0.875.